The second-order valence-electron chi connectivity index (χ2n) is 6.21. The molecule has 2 aromatic heterocycles. The van der Waals surface area contributed by atoms with Crippen molar-refractivity contribution in [1.82, 2.24) is 14.5 Å². The van der Waals surface area contributed by atoms with Crippen LogP contribution in [0.2, 0.25) is 0 Å². The minimum absolute atomic E-state index is 0.0518. The maximum Gasteiger partial charge on any atom is 0.291 e. The Balaban J connectivity index is 1.56. The number of nitrogens with one attached hydrogen (secondary N) is 1. The summed E-state index contributed by atoms with van der Waals surface area (Å²) < 4.78 is 7.16. The maximum absolute atomic E-state index is 13.0. The van der Waals surface area contributed by atoms with E-state index in [4.69, 9.17) is 4.42 Å². The van der Waals surface area contributed by atoms with Gasteiger partial charge in [-0.3, -0.25) is 9.59 Å². The number of nitrogens with zero attached hydrogens (tertiary/aromatic N) is 3. The van der Waals surface area contributed by atoms with Crippen molar-refractivity contribution in [2.45, 2.75) is 20.0 Å². The first-order chi connectivity index (χ1) is 12.6. The molecule has 0 aliphatic carbocycles. The molecular weight excluding hydrogens is 332 g/mol. The number of carbonyl (C=O) groups excluding carboxylic acids is 2. The average Bonchev–Trinajstić information content (AvgIpc) is 3.34. The summed E-state index contributed by atoms with van der Waals surface area (Å²) in [7, 11) is 0. The predicted molar refractivity (Wildman–Crippen MR) is 94.8 cm³/mol. The van der Waals surface area contributed by atoms with Gasteiger partial charge in [-0.25, -0.2) is 4.98 Å². The number of amides is 2. The van der Waals surface area contributed by atoms with Gasteiger partial charge < -0.3 is 19.2 Å². The number of aromatic nitrogens is 2. The zero-order valence-electron chi connectivity index (χ0n) is 14.3. The number of imidazole rings is 1. The first-order valence-electron chi connectivity index (χ1n) is 8.36. The standard InChI is InChI=1S/C19H18N4O3/c1-13-15(19(25)22-7-8-23-12-20-10-14(23)11-22)4-2-5-16(13)21-18(24)17-6-3-9-26-17/h2-6,9-10,12H,7-8,11H2,1H3,(H,21,24). The van der Waals surface area contributed by atoms with Gasteiger partial charge in [0.2, 0.25) is 0 Å². The van der Waals surface area contributed by atoms with E-state index in [9.17, 15) is 9.59 Å². The van der Waals surface area contributed by atoms with Gasteiger partial charge in [0.15, 0.2) is 5.76 Å². The number of anilines is 1. The van der Waals surface area contributed by atoms with Crippen molar-refractivity contribution >= 4 is 17.5 Å². The van der Waals surface area contributed by atoms with Crippen molar-refractivity contribution in [2.24, 2.45) is 0 Å². The predicted octanol–water partition coefficient (Wildman–Crippen LogP) is 2.69. The molecule has 1 N–H and O–H groups in total. The van der Waals surface area contributed by atoms with E-state index in [-0.39, 0.29) is 17.6 Å². The van der Waals surface area contributed by atoms with Crippen LogP contribution < -0.4 is 5.32 Å². The Morgan fingerprint density at radius 3 is 2.88 bits per heavy atom. The molecule has 132 valence electrons. The average molecular weight is 350 g/mol. The lowest BCUT2D eigenvalue weighted by molar-refractivity contribution is 0.0710. The normalized spacial score (nSPS) is 13.3. The van der Waals surface area contributed by atoms with Crippen LogP contribution in [0, 0.1) is 6.92 Å². The fraction of sp³-hybridized carbons (Fsp3) is 0.211. The molecule has 1 aliphatic rings. The Labute approximate surface area is 150 Å². The van der Waals surface area contributed by atoms with E-state index in [1.165, 1.54) is 6.26 Å². The van der Waals surface area contributed by atoms with E-state index < -0.39 is 0 Å². The van der Waals surface area contributed by atoms with Crippen LogP contribution in [0.3, 0.4) is 0 Å². The molecule has 26 heavy (non-hydrogen) atoms. The zero-order valence-corrected chi connectivity index (χ0v) is 14.3. The van der Waals surface area contributed by atoms with Crippen molar-refractivity contribution in [3.05, 3.63) is 71.7 Å². The number of rotatable bonds is 3. The summed E-state index contributed by atoms with van der Waals surface area (Å²) >= 11 is 0. The Morgan fingerprint density at radius 1 is 1.19 bits per heavy atom. The highest BCUT2D eigenvalue weighted by atomic mass is 16.3. The maximum atomic E-state index is 13.0. The topological polar surface area (TPSA) is 80.4 Å². The molecule has 7 heteroatoms. The van der Waals surface area contributed by atoms with Crippen LogP contribution in [0.25, 0.3) is 0 Å². The smallest absolute Gasteiger partial charge is 0.291 e. The minimum atomic E-state index is -0.343. The molecule has 3 heterocycles. The monoisotopic (exact) mass is 350 g/mol. The third-order valence-corrected chi connectivity index (χ3v) is 4.61. The van der Waals surface area contributed by atoms with Gasteiger partial charge in [0.25, 0.3) is 11.8 Å². The van der Waals surface area contributed by atoms with Crippen LogP contribution in [0.1, 0.15) is 32.2 Å². The molecule has 2 amide bonds. The van der Waals surface area contributed by atoms with E-state index in [1.807, 2.05) is 6.92 Å². The second-order valence-corrected chi connectivity index (χ2v) is 6.21. The number of hydrogen-bond acceptors (Lipinski definition) is 4. The molecule has 0 radical (unpaired) electrons. The lowest BCUT2D eigenvalue weighted by Crippen LogP contribution is -2.38. The highest BCUT2D eigenvalue weighted by Gasteiger charge is 2.24. The first-order valence-corrected chi connectivity index (χ1v) is 8.36. The first kappa shape index (κ1) is 16.1. The molecule has 4 rings (SSSR count). The molecule has 3 aromatic rings. The molecule has 0 bridgehead atoms. The third kappa shape index (κ3) is 2.88. The van der Waals surface area contributed by atoms with Gasteiger partial charge in [0.05, 0.1) is 24.8 Å². The summed E-state index contributed by atoms with van der Waals surface area (Å²) in [5, 5.41) is 2.80. The zero-order chi connectivity index (χ0) is 18.1. The number of furan rings is 1. The third-order valence-electron chi connectivity index (χ3n) is 4.61. The largest absolute Gasteiger partial charge is 0.459 e. The van der Waals surface area contributed by atoms with Gasteiger partial charge in [0.1, 0.15) is 0 Å². The van der Waals surface area contributed by atoms with Gasteiger partial charge in [-0.05, 0) is 36.8 Å². The van der Waals surface area contributed by atoms with Gasteiger partial charge >= 0.3 is 0 Å². The van der Waals surface area contributed by atoms with Crippen LogP contribution >= 0.6 is 0 Å². The highest BCUT2D eigenvalue weighted by Crippen LogP contribution is 2.23. The quantitative estimate of drug-likeness (QED) is 0.787. The Hall–Kier alpha value is -3.35. The van der Waals surface area contributed by atoms with Gasteiger partial charge in [-0.15, -0.1) is 0 Å². The lowest BCUT2D eigenvalue weighted by atomic mass is 10.0. The van der Waals surface area contributed by atoms with Gasteiger partial charge in [-0.1, -0.05) is 6.07 Å². The molecule has 0 fully saturated rings. The van der Waals surface area contributed by atoms with E-state index >= 15 is 0 Å². The van der Waals surface area contributed by atoms with Gasteiger partial charge in [0, 0.05) is 30.5 Å². The summed E-state index contributed by atoms with van der Waals surface area (Å²) in [5.74, 6) is -0.168. The molecule has 7 nitrogen and oxygen atoms in total. The summed E-state index contributed by atoms with van der Waals surface area (Å²) in [6.07, 6.45) is 5.02. The van der Waals surface area contributed by atoms with Crippen LogP contribution in [0.4, 0.5) is 5.69 Å². The van der Waals surface area contributed by atoms with E-state index in [2.05, 4.69) is 14.9 Å². The van der Waals surface area contributed by atoms with Crippen molar-refractivity contribution in [1.29, 1.82) is 0 Å². The number of hydrogen-bond donors (Lipinski definition) is 1. The van der Waals surface area contributed by atoms with Crippen molar-refractivity contribution in [2.75, 3.05) is 11.9 Å². The molecule has 1 aliphatic heterocycles. The molecular formula is C19H18N4O3. The Kier molecular flexibility index (Phi) is 4.04. The van der Waals surface area contributed by atoms with E-state index in [0.717, 1.165) is 17.8 Å². The summed E-state index contributed by atoms with van der Waals surface area (Å²) in [6, 6.07) is 8.58. The summed E-state index contributed by atoms with van der Waals surface area (Å²) in [6.45, 7) is 3.72. The lowest BCUT2D eigenvalue weighted by Gasteiger charge is -2.28. The second kappa shape index (κ2) is 6.51. The van der Waals surface area contributed by atoms with Gasteiger partial charge in [-0.2, -0.15) is 0 Å². The van der Waals surface area contributed by atoms with Crippen LogP contribution in [0.5, 0.6) is 0 Å². The molecule has 0 atom stereocenters. The van der Waals surface area contributed by atoms with E-state index in [0.29, 0.717) is 24.3 Å². The molecule has 0 saturated heterocycles. The summed E-state index contributed by atoms with van der Waals surface area (Å²) in [5.41, 5.74) is 2.93. The van der Waals surface area contributed by atoms with Crippen molar-refractivity contribution in [3.63, 3.8) is 0 Å². The van der Waals surface area contributed by atoms with Crippen LogP contribution in [0.15, 0.2) is 53.5 Å². The number of carbonyl (C=O) groups is 2. The molecule has 0 spiro atoms. The Bertz CT molecular complexity index is 959. The highest BCUT2D eigenvalue weighted by molar-refractivity contribution is 6.04. The number of benzene rings is 1. The van der Waals surface area contributed by atoms with E-state index in [1.54, 1.807) is 47.8 Å². The number of fused-ring (bicyclic) bond motifs is 1. The fourth-order valence-corrected chi connectivity index (χ4v) is 3.12. The van der Waals surface area contributed by atoms with Crippen molar-refractivity contribution < 1.29 is 14.0 Å². The Morgan fingerprint density at radius 2 is 2.08 bits per heavy atom. The molecule has 1 aromatic carbocycles. The minimum Gasteiger partial charge on any atom is -0.459 e. The van der Waals surface area contributed by atoms with Crippen LogP contribution in [-0.4, -0.2) is 32.8 Å². The fourth-order valence-electron chi connectivity index (χ4n) is 3.12. The SMILES string of the molecule is Cc1c(NC(=O)c2ccco2)cccc1C(=O)N1CCn2cncc2C1. The molecule has 0 unspecified atom stereocenters. The van der Waals surface area contributed by atoms with Crippen molar-refractivity contribution in [3.8, 4) is 0 Å². The molecule has 0 saturated carbocycles. The summed E-state index contributed by atoms with van der Waals surface area (Å²) in [4.78, 5) is 31.1. The van der Waals surface area contributed by atoms with Crippen LogP contribution in [-0.2, 0) is 13.1 Å².